The normalized spacial score (nSPS) is 14.9. The Bertz CT molecular complexity index is 410. The van der Waals surface area contributed by atoms with Crippen molar-refractivity contribution in [1.82, 2.24) is 0 Å². The summed E-state index contributed by atoms with van der Waals surface area (Å²) in [5, 5.41) is 0. The first-order valence-electron chi connectivity index (χ1n) is 5.80. The van der Waals surface area contributed by atoms with E-state index in [-0.39, 0.29) is 0 Å². The third kappa shape index (κ3) is 2.19. The Kier molecular flexibility index (Phi) is 3.15. The average Bonchev–Trinajstić information content (AvgIpc) is 3.05. The summed E-state index contributed by atoms with van der Waals surface area (Å²) in [7, 11) is 0. The van der Waals surface area contributed by atoms with Crippen LogP contribution in [0.1, 0.15) is 30.9 Å². The Balaban J connectivity index is 2.30. The predicted molar refractivity (Wildman–Crippen MR) is 73.1 cm³/mol. The number of aryl methyl sites for hydroxylation is 1. The van der Waals surface area contributed by atoms with Crippen molar-refractivity contribution in [3.8, 4) is 0 Å². The van der Waals surface area contributed by atoms with E-state index in [2.05, 4.69) is 30.9 Å². The number of nitrogens with two attached hydrogens (primary N) is 1. The molecule has 1 aromatic rings. The van der Waals surface area contributed by atoms with Crippen LogP contribution in [0.5, 0.6) is 0 Å². The fourth-order valence-electron chi connectivity index (χ4n) is 2.14. The van der Waals surface area contributed by atoms with Crippen molar-refractivity contribution in [2.75, 3.05) is 11.4 Å². The zero-order valence-corrected chi connectivity index (χ0v) is 10.7. The molecule has 1 aromatic carbocycles. The van der Waals surface area contributed by atoms with Gasteiger partial charge in [-0.05, 0) is 50.5 Å². The van der Waals surface area contributed by atoms with Crippen molar-refractivity contribution < 1.29 is 0 Å². The van der Waals surface area contributed by atoms with Gasteiger partial charge in [0.1, 0.15) is 4.99 Å². The van der Waals surface area contributed by atoms with Crippen LogP contribution in [0, 0.1) is 6.92 Å². The number of benzene rings is 1. The molecule has 0 spiro atoms. The van der Waals surface area contributed by atoms with Crippen LogP contribution in [0.2, 0.25) is 0 Å². The van der Waals surface area contributed by atoms with Crippen LogP contribution in [-0.2, 0) is 0 Å². The smallest absolute Gasteiger partial charge is 0.103 e. The van der Waals surface area contributed by atoms with E-state index in [0.29, 0.717) is 4.99 Å². The molecule has 2 nitrogen and oxygen atoms in total. The molecule has 1 saturated carbocycles. The van der Waals surface area contributed by atoms with Gasteiger partial charge >= 0.3 is 0 Å². The molecule has 0 saturated heterocycles. The molecule has 0 unspecified atom stereocenters. The number of hydrogen-bond acceptors (Lipinski definition) is 2. The van der Waals surface area contributed by atoms with Crippen LogP contribution < -0.4 is 10.6 Å². The van der Waals surface area contributed by atoms with E-state index in [9.17, 15) is 0 Å². The van der Waals surface area contributed by atoms with E-state index in [1.165, 1.54) is 24.1 Å². The molecule has 86 valence electrons. The fraction of sp³-hybridized carbons (Fsp3) is 0.462. The molecule has 2 rings (SSSR count). The highest BCUT2D eigenvalue weighted by molar-refractivity contribution is 7.80. The maximum absolute atomic E-state index is 5.63. The average molecular weight is 234 g/mol. The summed E-state index contributed by atoms with van der Waals surface area (Å²) in [6.07, 6.45) is 2.65. The second kappa shape index (κ2) is 4.42. The van der Waals surface area contributed by atoms with Gasteiger partial charge in [-0.3, -0.25) is 0 Å². The van der Waals surface area contributed by atoms with E-state index in [0.717, 1.165) is 18.2 Å². The first kappa shape index (κ1) is 11.4. The molecule has 1 fully saturated rings. The molecule has 2 N–H and O–H groups in total. The van der Waals surface area contributed by atoms with Gasteiger partial charge in [0.25, 0.3) is 0 Å². The Morgan fingerprint density at radius 3 is 2.62 bits per heavy atom. The number of nitrogens with zero attached hydrogens (tertiary/aromatic N) is 1. The van der Waals surface area contributed by atoms with Gasteiger partial charge in [0.2, 0.25) is 0 Å². The van der Waals surface area contributed by atoms with Crippen LogP contribution in [0.15, 0.2) is 18.2 Å². The van der Waals surface area contributed by atoms with E-state index >= 15 is 0 Å². The maximum Gasteiger partial charge on any atom is 0.103 e. The maximum atomic E-state index is 5.63. The Hall–Kier alpha value is -1.09. The third-order valence-corrected chi connectivity index (χ3v) is 3.35. The SMILES string of the molecule is CCN(c1ccc(C(N)=S)cc1C)C1CC1. The molecule has 0 aromatic heterocycles. The summed E-state index contributed by atoms with van der Waals surface area (Å²) in [6.45, 7) is 5.40. The molecule has 0 amide bonds. The molecule has 0 aliphatic heterocycles. The molecule has 0 atom stereocenters. The largest absolute Gasteiger partial charge is 0.389 e. The minimum Gasteiger partial charge on any atom is -0.389 e. The van der Waals surface area contributed by atoms with Crippen LogP contribution >= 0.6 is 12.2 Å². The van der Waals surface area contributed by atoms with Crippen molar-refractivity contribution in [3.63, 3.8) is 0 Å². The zero-order chi connectivity index (χ0) is 11.7. The fourth-order valence-corrected chi connectivity index (χ4v) is 2.27. The lowest BCUT2D eigenvalue weighted by molar-refractivity contribution is 0.822. The minimum atomic E-state index is 0.476. The highest BCUT2D eigenvalue weighted by Gasteiger charge is 2.28. The van der Waals surface area contributed by atoms with Gasteiger partial charge in [-0.1, -0.05) is 12.2 Å². The van der Waals surface area contributed by atoms with Crippen molar-refractivity contribution in [3.05, 3.63) is 29.3 Å². The van der Waals surface area contributed by atoms with Crippen molar-refractivity contribution in [2.45, 2.75) is 32.7 Å². The Morgan fingerprint density at radius 1 is 1.50 bits per heavy atom. The van der Waals surface area contributed by atoms with E-state index in [4.69, 9.17) is 18.0 Å². The number of thiocarbonyl (C=S) groups is 1. The zero-order valence-electron chi connectivity index (χ0n) is 9.86. The predicted octanol–water partition coefficient (Wildman–Crippen LogP) is 2.62. The van der Waals surface area contributed by atoms with Crippen LogP contribution in [0.4, 0.5) is 5.69 Å². The van der Waals surface area contributed by atoms with Crippen molar-refractivity contribution >= 4 is 22.9 Å². The second-order valence-electron chi connectivity index (χ2n) is 4.38. The lowest BCUT2D eigenvalue weighted by Gasteiger charge is -2.25. The monoisotopic (exact) mass is 234 g/mol. The highest BCUT2D eigenvalue weighted by atomic mass is 32.1. The number of hydrogen-bond donors (Lipinski definition) is 1. The molecular weight excluding hydrogens is 216 g/mol. The summed E-state index contributed by atoms with van der Waals surface area (Å²) in [5.74, 6) is 0. The summed E-state index contributed by atoms with van der Waals surface area (Å²) < 4.78 is 0. The number of anilines is 1. The molecule has 0 heterocycles. The summed E-state index contributed by atoms with van der Waals surface area (Å²) in [5.41, 5.74) is 9.18. The number of rotatable bonds is 4. The van der Waals surface area contributed by atoms with Crippen molar-refractivity contribution in [2.24, 2.45) is 5.73 Å². The van der Waals surface area contributed by atoms with E-state index in [1.807, 2.05) is 6.07 Å². The molecular formula is C13H18N2S. The van der Waals surface area contributed by atoms with Crippen LogP contribution in [-0.4, -0.2) is 17.6 Å². The first-order valence-corrected chi connectivity index (χ1v) is 6.21. The molecule has 3 heteroatoms. The quantitative estimate of drug-likeness (QED) is 0.812. The molecule has 0 bridgehead atoms. The lowest BCUT2D eigenvalue weighted by Crippen LogP contribution is -2.26. The third-order valence-electron chi connectivity index (χ3n) is 3.12. The van der Waals surface area contributed by atoms with Gasteiger partial charge in [0.15, 0.2) is 0 Å². The molecule has 16 heavy (non-hydrogen) atoms. The van der Waals surface area contributed by atoms with Gasteiger partial charge in [-0.15, -0.1) is 0 Å². The van der Waals surface area contributed by atoms with Gasteiger partial charge in [-0.2, -0.15) is 0 Å². The summed E-state index contributed by atoms with van der Waals surface area (Å²) in [6, 6.07) is 7.00. The van der Waals surface area contributed by atoms with E-state index in [1.54, 1.807) is 0 Å². The standard InChI is InChI=1S/C13H18N2S/c1-3-15(11-5-6-11)12-7-4-10(13(14)16)8-9(12)2/h4,7-8,11H,3,5-6H2,1-2H3,(H2,14,16). The molecule has 0 radical (unpaired) electrons. The topological polar surface area (TPSA) is 29.3 Å². The van der Waals surface area contributed by atoms with Gasteiger partial charge in [-0.25, -0.2) is 0 Å². The van der Waals surface area contributed by atoms with Gasteiger partial charge in [0, 0.05) is 23.8 Å². The van der Waals surface area contributed by atoms with Gasteiger partial charge in [0.05, 0.1) is 0 Å². The summed E-state index contributed by atoms with van der Waals surface area (Å²) >= 11 is 4.99. The Labute approximate surface area is 102 Å². The minimum absolute atomic E-state index is 0.476. The van der Waals surface area contributed by atoms with Crippen molar-refractivity contribution in [1.29, 1.82) is 0 Å². The lowest BCUT2D eigenvalue weighted by atomic mass is 10.1. The molecule has 1 aliphatic rings. The molecule has 1 aliphatic carbocycles. The Morgan fingerprint density at radius 2 is 2.19 bits per heavy atom. The highest BCUT2D eigenvalue weighted by Crippen LogP contribution is 2.33. The van der Waals surface area contributed by atoms with Crippen LogP contribution in [0.25, 0.3) is 0 Å². The second-order valence-corrected chi connectivity index (χ2v) is 4.82. The first-order chi connectivity index (χ1) is 7.63. The van der Waals surface area contributed by atoms with Gasteiger partial charge < -0.3 is 10.6 Å². The van der Waals surface area contributed by atoms with E-state index < -0.39 is 0 Å². The summed E-state index contributed by atoms with van der Waals surface area (Å²) in [4.78, 5) is 2.95. The van der Waals surface area contributed by atoms with Crippen LogP contribution in [0.3, 0.4) is 0 Å².